The molecule has 0 amide bonds. The first-order valence-electron chi connectivity index (χ1n) is 10.9. The lowest BCUT2D eigenvalue weighted by Crippen LogP contribution is -2.14. The van der Waals surface area contributed by atoms with Crippen molar-refractivity contribution < 1.29 is 15.0 Å². The Morgan fingerprint density at radius 2 is 1.79 bits per heavy atom. The minimum absolute atomic E-state index is 0.0246. The lowest BCUT2D eigenvalue weighted by molar-refractivity contribution is -0.136. The number of halogens is 1. The topological polar surface area (TPSA) is 88.9 Å². The van der Waals surface area contributed by atoms with Gasteiger partial charge in [0, 0.05) is 22.5 Å². The number of likely N-dealkylation sites (N-methyl/N-ethyl adjacent to an activating group) is 1. The van der Waals surface area contributed by atoms with Crippen molar-refractivity contribution in [3.63, 3.8) is 0 Å². The second-order valence-electron chi connectivity index (χ2n) is 8.49. The van der Waals surface area contributed by atoms with Crippen LogP contribution in [0, 0.1) is 0 Å². The number of rotatable bonds is 8. The van der Waals surface area contributed by atoms with E-state index >= 15 is 0 Å². The Morgan fingerprint density at radius 3 is 2.56 bits per heavy atom. The predicted octanol–water partition coefficient (Wildman–Crippen LogP) is 5.43. The smallest absolute Gasteiger partial charge is 0.307 e. The number of hydrogen-bond donors (Lipinski definition) is 3. The third kappa shape index (κ3) is 5.47. The molecule has 1 heterocycles. The van der Waals surface area contributed by atoms with Gasteiger partial charge in [-0.1, -0.05) is 48.0 Å². The number of carboxylic acid groups (broad SMARTS) is 1. The Labute approximate surface area is 203 Å². The highest BCUT2D eigenvalue weighted by Gasteiger charge is 2.19. The lowest BCUT2D eigenvalue weighted by atomic mass is 9.98. The van der Waals surface area contributed by atoms with Crippen molar-refractivity contribution in [1.29, 1.82) is 0 Å². The first-order valence-corrected chi connectivity index (χ1v) is 11.3. The average Bonchev–Trinajstić information content (AvgIpc) is 3.10. The van der Waals surface area contributed by atoms with E-state index in [0.717, 1.165) is 29.6 Å². The van der Waals surface area contributed by atoms with Crippen molar-refractivity contribution >= 4 is 39.9 Å². The van der Waals surface area contributed by atoms with Gasteiger partial charge in [0.2, 0.25) is 0 Å². The van der Waals surface area contributed by atoms with Gasteiger partial charge in [0.05, 0.1) is 28.9 Å². The Bertz CT molecular complexity index is 1370. The van der Waals surface area contributed by atoms with Crippen molar-refractivity contribution in [1.82, 2.24) is 9.88 Å². The number of fused-ring (bicyclic) bond motifs is 1. The van der Waals surface area contributed by atoms with Crippen molar-refractivity contribution in [3.05, 3.63) is 94.0 Å². The number of carbonyl (C=O) groups is 1. The summed E-state index contributed by atoms with van der Waals surface area (Å²) in [5.41, 5.74) is 5.04. The summed E-state index contributed by atoms with van der Waals surface area (Å²) in [6, 6.07) is 20.6. The van der Waals surface area contributed by atoms with E-state index in [-0.39, 0.29) is 12.3 Å². The van der Waals surface area contributed by atoms with Crippen LogP contribution >= 0.6 is 11.6 Å². The molecule has 0 fully saturated rings. The molecule has 0 aliphatic carbocycles. The monoisotopic (exact) mass is 475 g/mol. The molecule has 0 aliphatic rings. The van der Waals surface area contributed by atoms with Crippen molar-refractivity contribution in [3.8, 4) is 5.88 Å². The Kier molecular flexibility index (Phi) is 7.01. The maximum absolute atomic E-state index is 11.3. The quantitative estimate of drug-likeness (QED) is 0.296. The Balaban J connectivity index is 1.88. The average molecular weight is 476 g/mol. The molecule has 0 saturated carbocycles. The molecule has 0 bridgehead atoms. The van der Waals surface area contributed by atoms with Gasteiger partial charge >= 0.3 is 5.97 Å². The number of nitrogens with zero attached hydrogens (tertiary/aromatic N) is 2. The number of aliphatic carboxylic acids is 1. The van der Waals surface area contributed by atoms with E-state index in [0.29, 0.717) is 32.9 Å². The maximum Gasteiger partial charge on any atom is 0.307 e. The van der Waals surface area contributed by atoms with Crippen LogP contribution in [0.3, 0.4) is 0 Å². The van der Waals surface area contributed by atoms with Gasteiger partial charge in [-0.2, -0.15) is 0 Å². The fourth-order valence-corrected chi connectivity index (χ4v) is 4.10. The van der Waals surface area contributed by atoms with Crippen LogP contribution in [0.15, 0.2) is 71.7 Å². The minimum Gasteiger partial charge on any atom is -0.494 e. The van der Waals surface area contributed by atoms with Gasteiger partial charge in [-0.15, -0.1) is 0 Å². The molecule has 0 unspecified atom stereocenters. The van der Waals surface area contributed by atoms with Gasteiger partial charge in [0.1, 0.15) is 0 Å². The highest BCUT2D eigenvalue weighted by atomic mass is 35.5. The summed E-state index contributed by atoms with van der Waals surface area (Å²) in [6.45, 7) is 0.918. The zero-order chi connectivity index (χ0) is 24.2. The van der Waals surface area contributed by atoms with Crippen LogP contribution in [0.1, 0.15) is 22.3 Å². The standard InChI is InChI=1S/C27H26ClN3O3/c1-31(2)12-11-17-5-4-8-21(14-17)29-26(19-7-3-6-18(13-19)15-24(32)33)25-22-10-9-20(28)16-23(22)30-27(25)34/h3-10,13-14,16,30,34H,11-12,15H2,1-2H3,(H,32,33). The number of nitrogens with one attached hydrogen (secondary N) is 1. The number of aromatic nitrogens is 1. The predicted molar refractivity (Wildman–Crippen MR) is 137 cm³/mol. The SMILES string of the molecule is CN(C)CCc1cccc(N=C(c2cccc(CC(=O)O)c2)c2c(O)[nH]c3cc(Cl)ccc23)c1. The van der Waals surface area contributed by atoms with Gasteiger partial charge in [-0.05, 0) is 62.0 Å². The number of hydrogen-bond acceptors (Lipinski definition) is 4. The van der Waals surface area contributed by atoms with Gasteiger partial charge in [-0.25, -0.2) is 4.99 Å². The van der Waals surface area contributed by atoms with Gasteiger partial charge in [0.15, 0.2) is 5.88 Å². The molecule has 6 nitrogen and oxygen atoms in total. The van der Waals surface area contributed by atoms with Gasteiger partial charge in [0.25, 0.3) is 0 Å². The third-order valence-electron chi connectivity index (χ3n) is 5.53. The van der Waals surface area contributed by atoms with Crippen LogP contribution in [-0.4, -0.2) is 52.4 Å². The first kappa shape index (κ1) is 23.5. The molecule has 7 heteroatoms. The highest BCUT2D eigenvalue weighted by molar-refractivity contribution is 6.31. The molecule has 1 aromatic heterocycles. The Hall–Kier alpha value is -3.61. The van der Waals surface area contributed by atoms with E-state index < -0.39 is 5.97 Å². The van der Waals surface area contributed by atoms with Crippen molar-refractivity contribution in [2.75, 3.05) is 20.6 Å². The summed E-state index contributed by atoms with van der Waals surface area (Å²) < 4.78 is 0. The molecule has 0 spiro atoms. The van der Waals surface area contributed by atoms with Gasteiger partial charge < -0.3 is 20.1 Å². The van der Waals surface area contributed by atoms with Crippen molar-refractivity contribution in [2.24, 2.45) is 4.99 Å². The number of aromatic amines is 1. The fraction of sp³-hybridized carbons (Fsp3) is 0.185. The summed E-state index contributed by atoms with van der Waals surface area (Å²) in [5.74, 6) is -0.933. The number of carboxylic acids is 1. The molecular weight excluding hydrogens is 450 g/mol. The lowest BCUT2D eigenvalue weighted by Gasteiger charge is -2.11. The van der Waals surface area contributed by atoms with E-state index in [9.17, 15) is 15.0 Å². The van der Waals surface area contributed by atoms with Crippen LogP contribution in [0.25, 0.3) is 10.9 Å². The molecule has 0 atom stereocenters. The van der Waals surface area contributed by atoms with Crippen LogP contribution in [0.4, 0.5) is 5.69 Å². The van der Waals surface area contributed by atoms with Crippen molar-refractivity contribution in [2.45, 2.75) is 12.8 Å². The van der Waals surface area contributed by atoms with Crippen LogP contribution in [-0.2, 0) is 17.6 Å². The van der Waals surface area contributed by atoms with E-state index in [2.05, 4.69) is 16.0 Å². The third-order valence-corrected chi connectivity index (χ3v) is 5.77. The summed E-state index contributed by atoms with van der Waals surface area (Å²) in [4.78, 5) is 21.4. The molecular formula is C27H26ClN3O3. The fourth-order valence-electron chi connectivity index (χ4n) is 3.93. The molecule has 0 aliphatic heterocycles. The van der Waals surface area contributed by atoms with Gasteiger partial charge in [-0.3, -0.25) is 4.79 Å². The highest BCUT2D eigenvalue weighted by Crippen LogP contribution is 2.33. The van der Waals surface area contributed by atoms with E-state index in [1.54, 1.807) is 30.3 Å². The maximum atomic E-state index is 11.3. The number of aliphatic imine (C=N–C) groups is 1. The molecule has 34 heavy (non-hydrogen) atoms. The second kappa shape index (κ2) is 10.1. The summed E-state index contributed by atoms with van der Waals surface area (Å²) in [5, 5.41) is 21.4. The normalized spacial score (nSPS) is 11.9. The van der Waals surface area contributed by atoms with E-state index in [1.807, 2.05) is 44.4 Å². The molecule has 4 aromatic rings. The molecule has 3 N–H and O–H groups in total. The minimum atomic E-state index is -0.909. The van der Waals surface area contributed by atoms with E-state index in [4.69, 9.17) is 16.6 Å². The van der Waals surface area contributed by atoms with Crippen LogP contribution < -0.4 is 0 Å². The summed E-state index contributed by atoms with van der Waals surface area (Å²) in [6.07, 6.45) is 0.785. The number of benzene rings is 3. The number of H-pyrrole nitrogens is 1. The second-order valence-corrected chi connectivity index (χ2v) is 8.93. The molecule has 0 saturated heterocycles. The number of aromatic hydroxyl groups is 1. The largest absolute Gasteiger partial charge is 0.494 e. The zero-order valence-corrected chi connectivity index (χ0v) is 19.8. The van der Waals surface area contributed by atoms with Crippen LogP contribution in [0.5, 0.6) is 5.88 Å². The molecule has 4 rings (SSSR count). The Morgan fingerprint density at radius 1 is 1.03 bits per heavy atom. The summed E-state index contributed by atoms with van der Waals surface area (Å²) >= 11 is 6.15. The van der Waals surface area contributed by atoms with E-state index in [1.165, 1.54) is 0 Å². The zero-order valence-electron chi connectivity index (χ0n) is 19.0. The first-order chi connectivity index (χ1) is 16.3. The summed E-state index contributed by atoms with van der Waals surface area (Å²) in [7, 11) is 4.08. The molecule has 0 radical (unpaired) electrons. The molecule has 174 valence electrons. The molecule has 3 aromatic carbocycles. The van der Waals surface area contributed by atoms with Crippen LogP contribution in [0.2, 0.25) is 5.02 Å².